The van der Waals surface area contributed by atoms with Gasteiger partial charge in [-0.3, -0.25) is 14.7 Å². The van der Waals surface area contributed by atoms with Crippen molar-refractivity contribution in [1.82, 2.24) is 20.4 Å². The Morgan fingerprint density at radius 2 is 2.13 bits per heavy atom. The minimum atomic E-state index is -0.591. The summed E-state index contributed by atoms with van der Waals surface area (Å²) >= 11 is 1.61. The Bertz CT molecular complexity index is 1260. The van der Waals surface area contributed by atoms with Crippen molar-refractivity contribution in [3.63, 3.8) is 0 Å². The Kier molecular flexibility index (Phi) is 5.15. The number of hydrogen-bond donors (Lipinski definition) is 2. The van der Waals surface area contributed by atoms with Crippen molar-refractivity contribution in [2.75, 3.05) is 19.6 Å². The molecule has 0 aliphatic carbocycles. The molecule has 8 heteroatoms. The van der Waals surface area contributed by atoms with Crippen LogP contribution >= 0.6 is 11.3 Å². The summed E-state index contributed by atoms with van der Waals surface area (Å²) < 4.78 is 15.7. The number of carbonyl (C=O) groups excluding carboxylic acids is 2. The van der Waals surface area contributed by atoms with Crippen molar-refractivity contribution in [3.05, 3.63) is 53.8 Å². The number of thiophene rings is 1. The number of benzene rings is 2. The molecule has 1 fully saturated rings. The lowest BCUT2D eigenvalue weighted by atomic mass is 10.1. The molecule has 0 bridgehead atoms. The van der Waals surface area contributed by atoms with E-state index in [9.17, 15) is 14.0 Å². The Labute approximate surface area is 182 Å². The van der Waals surface area contributed by atoms with E-state index in [4.69, 9.17) is 0 Å². The summed E-state index contributed by atoms with van der Waals surface area (Å²) in [6.07, 6.45) is 2.13. The van der Waals surface area contributed by atoms with E-state index in [1.807, 2.05) is 29.2 Å². The predicted molar refractivity (Wildman–Crippen MR) is 120 cm³/mol. The minimum absolute atomic E-state index is 0.00601. The molecule has 6 nitrogen and oxygen atoms in total. The summed E-state index contributed by atoms with van der Waals surface area (Å²) in [6, 6.07) is 13.0. The molecule has 1 aliphatic heterocycles. The molecule has 3 heterocycles. The zero-order chi connectivity index (χ0) is 21.4. The van der Waals surface area contributed by atoms with Crippen molar-refractivity contribution in [3.8, 4) is 10.6 Å². The lowest BCUT2D eigenvalue weighted by molar-refractivity contribution is -0.127. The first-order valence-corrected chi connectivity index (χ1v) is 11.1. The predicted octanol–water partition coefficient (Wildman–Crippen LogP) is 4.33. The van der Waals surface area contributed by atoms with E-state index in [-0.39, 0.29) is 11.5 Å². The number of aromatic amines is 1. The van der Waals surface area contributed by atoms with Crippen molar-refractivity contribution >= 4 is 44.1 Å². The summed E-state index contributed by atoms with van der Waals surface area (Å²) in [7, 11) is 0. The van der Waals surface area contributed by atoms with Crippen LogP contribution in [-0.2, 0) is 4.79 Å². The van der Waals surface area contributed by atoms with Crippen LogP contribution in [-0.4, -0.2) is 46.5 Å². The third-order valence-corrected chi connectivity index (χ3v) is 6.74. The average molecular weight is 437 g/mol. The molecular formula is C23H21FN4O2S. The molecule has 2 aromatic carbocycles. The van der Waals surface area contributed by atoms with Crippen LogP contribution in [0.1, 0.15) is 29.6 Å². The largest absolute Gasteiger partial charge is 0.352 e. The smallest absolute Gasteiger partial charge is 0.254 e. The molecule has 0 radical (unpaired) electrons. The van der Waals surface area contributed by atoms with Crippen molar-refractivity contribution in [2.24, 2.45) is 0 Å². The lowest BCUT2D eigenvalue weighted by Gasteiger charge is -2.15. The number of nitrogens with zero attached hydrogens (tertiary/aromatic N) is 2. The van der Waals surface area contributed by atoms with Crippen LogP contribution < -0.4 is 5.32 Å². The van der Waals surface area contributed by atoms with E-state index < -0.39 is 11.7 Å². The second-order valence-electron chi connectivity index (χ2n) is 7.69. The van der Waals surface area contributed by atoms with Crippen LogP contribution in [0.5, 0.6) is 0 Å². The van der Waals surface area contributed by atoms with Gasteiger partial charge >= 0.3 is 0 Å². The fraction of sp³-hybridized carbons (Fsp3) is 0.261. The first-order chi connectivity index (χ1) is 15.1. The zero-order valence-corrected chi connectivity index (χ0v) is 17.6. The van der Waals surface area contributed by atoms with Crippen LogP contribution in [0.3, 0.4) is 0 Å². The highest BCUT2D eigenvalue weighted by molar-refractivity contribution is 7.22. The SMILES string of the molecule is O=C(NCCCN1CCCC1=O)c1cc2c(-c3cc4ccccc4s3)n[nH]c2cc1F. The summed E-state index contributed by atoms with van der Waals surface area (Å²) in [5.41, 5.74) is 1.25. The third-order valence-electron chi connectivity index (χ3n) is 5.62. The van der Waals surface area contributed by atoms with E-state index in [0.717, 1.165) is 27.9 Å². The molecule has 31 heavy (non-hydrogen) atoms. The highest BCUT2D eigenvalue weighted by Gasteiger charge is 2.20. The number of carbonyl (C=O) groups is 2. The summed E-state index contributed by atoms with van der Waals surface area (Å²) in [4.78, 5) is 27.0. The molecule has 0 unspecified atom stereocenters. The van der Waals surface area contributed by atoms with Gasteiger partial charge < -0.3 is 10.2 Å². The number of likely N-dealkylation sites (tertiary alicyclic amines) is 1. The summed E-state index contributed by atoms with van der Waals surface area (Å²) in [5.74, 6) is -0.890. The highest BCUT2D eigenvalue weighted by atomic mass is 32.1. The Hall–Kier alpha value is -3.26. The molecule has 2 aromatic heterocycles. The first kappa shape index (κ1) is 19.7. The maximum absolute atomic E-state index is 14.6. The topological polar surface area (TPSA) is 78.1 Å². The summed E-state index contributed by atoms with van der Waals surface area (Å²) in [5, 5.41) is 11.9. The van der Waals surface area contributed by atoms with Gasteiger partial charge in [-0.15, -0.1) is 11.3 Å². The molecule has 0 spiro atoms. The first-order valence-electron chi connectivity index (χ1n) is 10.3. The number of nitrogens with one attached hydrogen (secondary N) is 2. The van der Waals surface area contributed by atoms with Crippen LogP contribution in [0.15, 0.2) is 42.5 Å². The molecule has 4 aromatic rings. The van der Waals surface area contributed by atoms with Gasteiger partial charge in [-0.1, -0.05) is 18.2 Å². The van der Waals surface area contributed by atoms with Gasteiger partial charge in [0.1, 0.15) is 11.5 Å². The molecule has 0 saturated carbocycles. The second kappa shape index (κ2) is 8.11. The molecular weight excluding hydrogens is 415 g/mol. The third kappa shape index (κ3) is 3.79. The highest BCUT2D eigenvalue weighted by Crippen LogP contribution is 2.36. The van der Waals surface area contributed by atoms with Gasteiger partial charge in [-0.05, 0) is 36.4 Å². The Balaban J connectivity index is 1.35. The number of aromatic nitrogens is 2. The quantitative estimate of drug-likeness (QED) is 0.442. The maximum Gasteiger partial charge on any atom is 0.254 e. The fourth-order valence-electron chi connectivity index (χ4n) is 4.01. The van der Waals surface area contributed by atoms with E-state index in [1.165, 1.54) is 6.07 Å². The molecule has 1 saturated heterocycles. The van der Waals surface area contributed by atoms with E-state index in [1.54, 1.807) is 17.4 Å². The van der Waals surface area contributed by atoms with Gasteiger partial charge in [0, 0.05) is 42.2 Å². The van der Waals surface area contributed by atoms with Gasteiger partial charge in [0.15, 0.2) is 0 Å². The van der Waals surface area contributed by atoms with Gasteiger partial charge in [0.05, 0.1) is 16.0 Å². The standard InChI is InChI=1S/C23H21FN4O2S/c24-17-13-18-16(22(27-26-18)20-11-14-5-1-2-6-19(14)31-20)12-15(17)23(30)25-8-4-10-28-9-3-7-21(28)29/h1-2,5-6,11-13H,3-4,7-10H2,(H,25,30)(H,26,27). The van der Waals surface area contributed by atoms with Crippen molar-refractivity contribution in [2.45, 2.75) is 19.3 Å². The lowest BCUT2D eigenvalue weighted by Crippen LogP contribution is -2.31. The molecule has 1 aliphatic rings. The Morgan fingerprint density at radius 1 is 1.26 bits per heavy atom. The van der Waals surface area contributed by atoms with Crippen molar-refractivity contribution < 1.29 is 14.0 Å². The normalized spacial score (nSPS) is 14.1. The maximum atomic E-state index is 14.6. The number of fused-ring (bicyclic) bond motifs is 2. The molecule has 0 atom stereocenters. The van der Waals surface area contributed by atoms with Gasteiger partial charge in [0.25, 0.3) is 5.91 Å². The number of amides is 2. The van der Waals surface area contributed by atoms with E-state index in [0.29, 0.717) is 42.5 Å². The molecule has 5 rings (SSSR count). The molecule has 2 N–H and O–H groups in total. The monoisotopic (exact) mass is 436 g/mol. The summed E-state index contributed by atoms with van der Waals surface area (Å²) in [6.45, 7) is 1.77. The zero-order valence-electron chi connectivity index (χ0n) is 16.8. The Morgan fingerprint density at radius 3 is 2.94 bits per heavy atom. The fourth-order valence-corrected chi connectivity index (χ4v) is 5.07. The molecule has 2 amide bonds. The number of hydrogen-bond acceptors (Lipinski definition) is 4. The van der Waals surface area contributed by atoms with Crippen molar-refractivity contribution in [1.29, 1.82) is 0 Å². The van der Waals surface area contributed by atoms with Crippen LogP contribution in [0, 0.1) is 5.82 Å². The number of halogens is 1. The van der Waals surface area contributed by atoms with Gasteiger partial charge in [-0.2, -0.15) is 5.10 Å². The van der Waals surface area contributed by atoms with Gasteiger partial charge in [-0.25, -0.2) is 4.39 Å². The second-order valence-corrected chi connectivity index (χ2v) is 8.78. The van der Waals surface area contributed by atoms with Crippen LogP contribution in [0.2, 0.25) is 0 Å². The minimum Gasteiger partial charge on any atom is -0.352 e. The molecule has 158 valence electrons. The van der Waals surface area contributed by atoms with Crippen LogP contribution in [0.4, 0.5) is 4.39 Å². The number of H-pyrrole nitrogens is 1. The van der Waals surface area contributed by atoms with Crippen LogP contribution in [0.25, 0.3) is 31.6 Å². The van der Waals surface area contributed by atoms with Gasteiger partial charge in [0.2, 0.25) is 5.91 Å². The number of rotatable bonds is 6. The van der Waals surface area contributed by atoms with E-state index in [2.05, 4.69) is 21.6 Å². The average Bonchev–Trinajstić information content (AvgIpc) is 3.47. The van der Waals surface area contributed by atoms with E-state index >= 15 is 0 Å².